The molecular weight excluding hydrogens is 403 g/mol. The van der Waals surface area contributed by atoms with Crippen LogP contribution < -0.4 is 10.0 Å². The third kappa shape index (κ3) is 3.47. The van der Waals surface area contributed by atoms with Gasteiger partial charge in [-0.15, -0.1) is 0 Å². The standard InChI is InChI=1S/C20H16ClFN2O5/c1-9-16-18(17(20(27)29-3)10(2)24(9)28)15(25)7-14(19(16)26)23-8-11-4-5-13(22)12(21)6-11/h4-7,23H,8H2,1-3H3. The molecule has 2 aromatic rings. The SMILES string of the molecule is COC(=O)c1c2c(c(C)[n+]([O-])c1C)C(=O)C(NCc1ccc(F)c(Cl)c1)=CC2=O. The lowest BCUT2D eigenvalue weighted by atomic mass is 9.87. The smallest absolute Gasteiger partial charge is 0.345 e. The van der Waals surface area contributed by atoms with Crippen LogP contribution in [0.5, 0.6) is 0 Å². The molecule has 0 fully saturated rings. The van der Waals surface area contributed by atoms with Crippen LogP contribution in [0.1, 0.15) is 48.0 Å². The molecule has 0 unspecified atom stereocenters. The number of hydrogen-bond donors (Lipinski definition) is 1. The van der Waals surface area contributed by atoms with Gasteiger partial charge < -0.3 is 15.3 Å². The van der Waals surface area contributed by atoms with Gasteiger partial charge in [0.05, 0.1) is 23.4 Å². The number of nitrogens with zero attached hydrogens (tertiary/aromatic N) is 1. The van der Waals surface area contributed by atoms with Crippen molar-refractivity contribution in [2.45, 2.75) is 20.4 Å². The van der Waals surface area contributed by atoms with Gasteiger partial charge in [0.2, 0.25) is 17.2 Å². The zero-order valence-corrected chi connectivity index (χ0v) is 16.5. The number of hydrogen-bond acceptors (Lipinski definition) is 6. The molecule has 0 bridgehead atoms. The van der Waals surface area contributed by atoms with E-state index in [1.807, 2.05) is 0 Å². The Bertz CT molecular complexity index is 1110. The van der Waals surface area contributed by atoms with Crippen LogP contribution in [0.25, 0.3) is 0 Å². The average molecular weight is 419 g/mol. The molecular formula is C20H16ClFN2O5. The molecule has 1 aromatic carbocycles. The molecule has 29 heavy (non-hydrogen) atoms. The van der Waals surface area contributed by atoms with Crippen LogP contribution in [0.3, 0.4) is 0 Å². The maximum atomic E-state index is 13.3. The molecule has 9 heteroatoms. The number of benzene rings is 1. The number of ketones is 2. The molecule has 0 atom stereocenters. The van der Waals surface area contributed by atoms with Gasteiger partial charge in [-0.1, -0.05) is 17.7 Å². The monoisotopic (exact) mass is 418 g/mol. The quantitative estimate of drug-likeness (QED) is 0.465. The Balaban J connectivity index is 2.02. The number of nitrogens with one attached hydrogen (secondary N) is 1. The highest BCUT2D eigenvalue weighted by Crippen LogP contribution is 2.27. The van der Waals surface area contributed by atoms with Gasteiger partial charge in [0.1, 0.15) is 16.9 Å². The third-order valence-electron chi connectivity index (χ3n) is 4.68. The van der Waals surface area contributed by atoms with Gasteiger partial charge in [-0.2, -0.15) is 4.73 Å². The van der Waals surface area contributed by atoms with Gasteiger partial charge in [-0.25, -0.2) is 9.18 Å². The van der Waals surface area contributed by atoms with Gasteiger partial charge in [0, 0.05) is 26.5 Å². The van der Waals surface area contributed by atoms with Gasteiger partial charge >= 0.3 is 5.97 Å². The Morgan fingerprint density at radius 1 is 1.24 bits per heavy atom. The van der Waals surface area contributed by atoms with Crippen LogP contribution in [0.15, 0.2) is 30.0 Å². The molecule has 1 heterocycles. The van der Waals surface area contributed by atoms with Crippen LogP contribution >= 0.6 is 11.6 Å². The number of halogens is 2. The van der Waals surface area contributed by atoms with Gasteiger partial charge in [-0.05, 0) is 17.7 Å². The van der Waals surface area contributed by atoms with E-state index in [4.69, 9.17) is 11.6 Å². The van der Waals surface area contributed by atoms with Crippen molar-refractivity contribution < 1.29 is 28.2 Å². The summed E-state index contributed by atoms with van der Waals surface area (Å²) in [5.41, 5.74) is -0.0379. The van der Waals surface area contributed by atoms with E-state index in [1.165, 1.54) is 32.0 Å². The molecule has 0 aliphatic heterocycles. The number of Topliss-reactive ketones (excluding diaryl/α,β-unsaturated/α-hetero) is 1. The van der Waals surface area contributed by atoms with E-state index in [-0.39, 0.29) is 45.3 Å². The fraction of sp³-hybridized carbons (Fsp3) is 0.200. The lowest BCUT2D eigenvalue weighted by molar-refractivity contribution is -0.619. The normalized spacial score (nSPS) is 13.1. The zero-order chi connectivity index (χ0) is 21.5. The van der Waals surface area contributed by atoms with Gasteiger partial charge in [0.15, 0.2) is 5.78 Å². The molecule has 3 rings (SSSR count). The van der Waals surface area contributed by atoms with E-state index in [1.54, 1.807) is 0 Å². The first-order valence-corrected chi connectivity index (χ1v) is 8.88. The molecule has 0 amide bonds. The lowest BCUT2D eigenvalue weighted by Crippen LogP contribution is -2.42. The Morgan fingerprint density at radius 3 is 2.55 bits per heavy atom. The number of ether oxygens (including phenoxy) is 1. The van der Waals surface area contributed by atoms with Crippen molar-refractivity contribution in [3.05, 3.63) is 79.7 Å². The minimum atomic E-state index is -0.879. The van der Waals surface area contributed by atoms with Crippen molar-refractivity contribution in [2.75, 3.05) is 7.11 Å². The summed E-state index contributed by atoms with van der Waals surface area (Å²) in [7, 11) is 1.12. The molecule has 0 radical (unpaired) electrons. The molecule has 150 valence electrons. The number of fused-ring (bicyclic) bond motifs is 1. The van der Waals surface area contributed by atoms with Crippen molar-refractivity contribution in [1.29, 1.82) is 0 Å². The Labute approximate surface area is 170 Å². The minimum absolute atomic E-state index is 0.000676. The highest BCUT2D eigenvalue weighted by atomic mass is 35.5. The van der Waals surface area contributed by atoms with E-state index >= 15 is 0 Å². The summed E-state index contributed by atoms with van der Waals surface area (Å²) >= 11 is 5.75. The second-order valence-electron chi connectivity index (χ2n) is 6.44. The second-order valence-corrected chi connectivity index (χ2v) is 6.84. The summed E-state index contributed by atoms with van der Waals surface area (Å²) in [6.45, 7) is 2.86. The van der Waals surface area contributed by atoms with Crippen LogP contribution in [0.4, 0.5) is 4.39 Å². The molecule has 0 saturated heterocycles. The van der Waals surface area contributed by atoms with Crippen molar-refractivity contribution in [3.8, 4) is 0 Å². The molecule has 1 aromatic heterocycles. The van der Waals surface area contributed by atoms with E-state index < -0.39 is 23.4 Å². The summed E-state index contributed by atoms with van der Waals surface area (Å²) in [6.07, 6.45) is 1.07. The molecule has 1 aliphatic carbocycles. The fourth-order valence-electron chi connectivity index (χ4n) is 3.20. The minimum Gasteiger partial charge on any atom is -0.618 e. The molecule has 0 spiro atoms. The van der Waals surface area contributed by atoms with Crippen molar-refractivity contribution >= 4 is 29.1 Å². The van der Waals surface area contributed by atoms with Crippen LogP contribution in [-0.4, -0.2) is 24.6 Å². The van der Waals surface area contributed by atoms with E-state index in [9.17, 15) is 24.0 Å². The maximum Gasteiger partial charge on any atom is 0.345 e. The highest BCUT2D eigenvalue weighted by Gasteiger charge is 2.38. The fourth-order valence-corrected chi connectivity index (χ4v) is 3.40. The number of aromatic nitrogens is 1. The summed E-state index contributed by atoms with van der Waals surface area (Å²) in [6, 6.07) is 4.06. The largest absolute Gasteiger partial charge is 0.618 e. The number of rotatable bonds is 4. The predicted molar refractivity (Wildman–Crippen MR) is 101 cm³/mol. The lowest BCUT2D eigenvalue weighted by Gasteiger charge is -2.21. The molecule has 7 nitrogen and oxygen atoms in total. The first-order chi connectivity index (χ1) is 13.7. The summed E-state index contributed by atoms with van der Waals surface area (Å²) < 4.78 is 18.4. The number of allylic oxidation sites excluding steroid dienone is 2. The Morgan fingerprint density at radius 2 is 1.93 bits per heavy atom. The predicted octanol–water partition coefficient (Wildman–Crippen LogP) is 2.57. The first-order valence-electron chi connectivity index (χ1n) is 8.50. The summed E-state index contributed by atoms with van der Waals surface area (Å²) in [5.74, 6) is -2.67. The number of esters is 1. The van der Waals surface area contributed by atoms with Crippen molar-refractivity contribution in [1.82, 2.24) is 5.32 Å². The van der Waals surface area contributed by atoms with Gasteiger partial charge in [-0.3, -0.25) is 9.59 Å². The van der Waals surface area contributed by atoms with E-state index in [2.05, 4.69) is 10.1 Å². The maximum absolute atomic E-state index is 13.3. The van der Waals surface area contributed by atoms with Crippen molar-refractivity contribution in [3.63, 3.8) is 0 Å². The molecule has 1 aliphatic rings. The first kappa shape index (κ1) is 20.5. The number of carbonyl (C=O) groups excluding carboxylic acids is 3. The number of methoxy groups -OCH3 is 1. The van der Waals surface area contributed by atoms with Crippen LogP contribution in [-0.2, 0) is 11.3 Å². The number of carbonyl (C=O) groups is 3. The third-order valence-corrected chi connectivity index (χ3v) is 4.97. The average Bonchev–Trinajstić information content (AvgIpc) is 2.69. The van der Waals surface area contributed by atoms with E-state index in [0.29, 0.717) is 10.3 Å². The number of pyridine rings is 1. The Hall–Kier alpha value is -3.26. The van der Waals surface area contributed by atoms with E-state index in [0.717, 1.165) is 13.2 Å². The summed E-state index contributed by atoms with van der Waals surface area (Å²) in [5, 5.41) is 15.2. The Kier molecular flexibility index (Phi) is 5.39. The van der Waals surface area contributed by atoms with Gasteiger partial charge in [0.25, 0.3) is 0 Å². The molecule has 1 N–H and O–H groups in total. The summed E-state index contributed by atoms with van der Waals surface area (Å²) in [4.78, 5) is 37.9. The van der Waals surface area contributed by atoms with Crippen LogP contribution in [0.2, 0.25) is 5.02 Å². The zero-order valence-electron chi connectivity index (χ0n) is 15.8. The highest BCUT2D eigenvalue weighted by molar-refractivity contribution is 6.30. The van der Waals surface area contributed by atoms with Crippen LogP contribution in [0, 0.1) is 24.9 Å². The second kappa shape index (κ2) is 7.63. The molecule has 0 saturated carbocycles. The van der Waals surface area contributed by atoms with Crippen molar-refractivity contribution in [2.24, 2.45) is 0 Å². The topological polar surface area (TPSA) is 99.4 Å².